The summed E-state index contributed by atoms with van der Waals surface area (Å²) in [5.41, 5.74) is 3.70. The molecule has 2 rings (SSSR count). The Hall–Kier alpha value is -1.33. The second-order valence-corrected chi connectivity index (χ2v) is 3.99. The summed E-state index contributed by atoms with van der Waals surface area (Å²) < 4.78 is 5.16. The van der Waals surface area contributed by atoms with Crippen molar-refractivity contribution in [2.75, 3.05) is 0 Å². The Bertz CT molecular complexity index is 430. The molecule has 0 atom stereocenters. The van der Waals surface area contributed by atoms with E-state index < -0.39 is 13.1 Å². The molecule has 1 aliphatic heterocycles. The van der Waals surface area contributed by atoms with Crippen LogP contribution in [-0.2, 0) is 22.5 Å². The SMILES string of the molecule is Cc1ccc(CCC(=O)O)c2c1COB2O. The molecule has 0 aromatic heterocycles. The maximum atomic E-state index is 10.5. The van der Waals surface area contributed by atoms with E-state index in [1.165, 1.54) is 0 Å². The van der Waals surface area contributed by atoms with Crippen LogP contribution in [0, 0.1) is 6.92 Å². The van der Waals surface area contributed by atoms with Crippen LogP contribution in [-0.4, -0.2) is 23.2 Å². The van der Waals surface area contributed by atoms with Crippen LogP contribution in [0.1, 0.15) is 23.1 Å². The molecule has 16 heavy (non-hydrogen) atoms. The van der Waals surface area contributed by atoms with E-state index >= 15 is 0 Å². The standard InChI is InChI=1S/C11H13BO4/c1-7-2-3-8(4-5-10(13)14)11-9(7)6-16-12(11)15/h2-3,15H,4-6H2,1H3,(H,13,14). The molecule has 1 heterocycles. The number of carboxylic acid groups (broad SMARTS) is 1. The summed E-state index contributed by atoms with van der Waals surface area (Å²) in [7, 11) is -0.904. The molecule has 0 aliphatic carbocycles. The first-order valence-corrected chi connectivity index (χ1v) is 5.22. The van der Waals surface area contributed by atoms with Crippen molar-refractivity contribution in [1.82, 2.24) is 0 Å². The van der Waals surface area contributed by atoms with E-state index in [1.807, 2.05) is 19.1 Å². The highest BCUT2D eigenvalue weighted by molar-refractivity contribution is 6.62. The van der Waals surface area contributed by atoms with Gasteiger partial charge in [-0.2, -0.15) is 0 Å². The van der Waals surface area contributed by atoms with Crippen molar-refractivity contribution in [3.05, 3.63) is 28.8 Å². The van der Waals surface area contributed by atoms with Crippen LogP contribution in [0.2, 0.25) is 0 Å². The Morgan fingerprint density at radius 1 is 1.56 bits per heavy atom. The summed E-state index contributed by atoms with van der Waals surface area (Å²) in [6, 6.07) is 3.81. The highest BCUT2D eigenvalue weighted by atomic mass is 16.5. The summed E-state index contributed by atoms with van der Waals surface area (Å²) in [5, 5.41) is 18.3. The Labute approximate surface area is 94.0 Å². The van der Waals surface area contributed by atoms with E-state index in [0.29, 0.717) is 13.0 Å². The fourth-order valence-electron chi connectivity index (χ4n) is 2.03. The Morgan fingerprint density at radius 2 is 2.31 bits per heavy atom. The van der Waals surface area contributed by atoms with Gasteiger partial charge in [0.15, 0.2) is 0 Å². The van der Waals surface area contributed by atoms with Crippen molar-refractivity contribution in [3.63, 3.8) is 0 Å². The van der Waals surface area contributed by atoms with Crippen molar-refractivity contribution < 1.29 is 19.6 Å². The average Bonchev–Trinajstić information content (AvgIpc) is 2.61. The van der Waals surface area contributed by atoms with Crippen LogP contribution in [0.25, 0.3) is 0 Å². The van der Waals surface area contributed by atoms with Crippen molar-refractivity contribution >= 4 is 18.6 Å². The van der Waals surface area contributed by atoms with E-state index in [4.69, 9.17) is 9.76 Å². The summed E-state index contributed by atoms with van der Waals surface area (Å²) in [4.78, 5) is 10.5. The number of hydrogen-bond donors (Lipinski definition) is 2. The second kappa shape index (κ2) is 4.27. The molecule has 0 spiro atoms. The lowest BCUT2D eigenvalue weighted by Crippen LogP contribution is -2.32. The third-order valence-corrected chi connectivity index (χ3v) is 2.92. The van der Waals surface area contributed by atoms with E-state index in [1.54, 1.807) is 0 Å². The molecule has 84 valence electrons. The first-order chi connectivity index (χ1) is 7.59. The Morgan fingerprint density at radius 3 is 3.00 bits per heavy atom. The number of fused-ring (bicyclic) bond motifs is 1. The molecular weight excluding hydrogens is 207 g/mol. The molecule has 5 heteroatoms. The predicted octanol–water partition coefficient (Wildman–Crippen LogP) is 0.230. The molecule has 1 aliphatic rings. The van der Waals surface area contributed by atoms with Gasteiger partial charge < -0.3 is 14.8 Å². The van der Waals surface area contributed by atoms with Gasteiger partial charge in [-0.15, -0.1) is 0 Å². The van der Waals surface area contributed by atoms with Gasteiger partial charge in [0.2, 0.25) is 0 Å². The zero-order valence-corrected chi connectivity index (χ0v) is 9.06. The highest BCUT2D eigenvalue weighted by Gasteiger charge is 2.30. The maximum Gasteiger partial charge on any atom is 0.492 e. The van der Waals surface area contributed by atoms with Crippen LogP contribution in [0.5, 0.6) is 0 Å². The van der Waals surface area contributed by atoms with Crippen molar-refractivity contribution in [3.8, 4) is 0 Å². The Balaban J connectivity index is 2.33. The van der Waals surface area contributed by atoms with Crippen LogP contribution < -0.4 is 5.46 Å². The molecule has 0 saturated carbocycles. The first kappa shape index (κ1) is 11.2. The summed E-state index contributed by atoms with van der Waals surface area (Å²) in [5.74, 6) is -0.831. The molecule has 0 radical (unpaired) electrons. The van der Waals surface area contributed by atoms with Crippen molar-refractivity contribution in [2.45, 2.75) is 26.4 Å². The third-order valence-electron chi connectivity index (χ3n) is 2.92. The number of benzene rings is 1. The van der Waals surface area contributed by atoms with Crippen LogP contribution >= 0.6 is 0 Å². The lowest BCUT2D eigenvalue weighted by Gasteiger charge is -2.09. The van der Waals surface area contributed by atoms with Crippen LogP contribution in [0.3, 0.4) is 0 Å². The van der Waals surface area contributed by atoms with E-state index in [0.717, 1.165) is 22.2 Å². The molecule has 0 amide bonds. The van der Waals surface area contributed by atoms with Gasteiger partial charge >= 0.3 is 13.1 Å². The topological polar surface area (TPSA) is 66.8 Å². The third kappa shape index (κ3) is 1.96. The minimum atomic E-state index is -0.904. The van der Waals surface area contributed by atoms with E-state index in [9.17, 15) is 9.82 Å². The summed E-state index contributed by atoms with van der Waals surface area (Å²) >= 11 is 0. The predicted molar refractivity (Wildman–Crippen MR) is 59.5 cm³/mol. The van der Waals surface area contributed by atoms with Crippen molar-refractivity contribution in [2.24, 2.45) is 0 Å². The van der Waals surface area contributed by atoms with Gasteiger partial charge in [-0.3, -0.25) is 4.79 Å². The van der Waals surface area contributed by atoms with Gasteiger partial charge in [0.1, 0.15) is 0 Å². The number of aryl methyl sites for hydroxylation is 2. The molecule has 1 aromatic carbocycles. The molecular formula is C11H13BO4. The fourth-order valence-corrected chi connectivity index (χ4v) is 2.03. The number of hydrogen-bond acceptors (Lipinski definition) is 3. The van der Waals surface area contributed by atoms with E-state index in [2.05, 4.69) is 0 Å². The monoisotopic (exact) mass is 220 g/mol. The number of aliphatic carboxylic acids is 1. The largest absolute Gasteiger partial charge is 0.492 e. The fraction of sp³-hybridized carbons (Fsp3) is 0.364. The lowest BCUT2D eigenvalue weighted by atomic mass is 9.74. The molecule has 2 N–H and O–H groups in total. The molecule has 0 bridgehead atoms. The Kier molecular flexibility index (Phi) is 2.98. The summed E-state index contributed by atoms with van der Waals surface area (Å²) in [6.45, 7) is 2.37. The minimum absolute atomic E-state index is 0.0716. The highest BCUT2D eigenvalue weighted by Crippen LogP contribution is 2.18. The van der Waals surface area contributed by atoms with Gasteiger partial charge in [-0.05, 0) is 35.5 Å². The molecule has 4 nitrogen and oxygen atoms in total. The lowest BCUT2D eigenvalue weighted by molar-refractivity contribution is -0.136. The van der Waals surface area contributed by atoms with E-state index in [-0.39, 0.29) is 6.42 Å². The van der Waals surface area contributed by atoms with Gasteiger partial charge in [-0.1, -0.05) is 12.1 Å². The van der Waals surface area contributed by atoms with Crippen molar-refractivity contribution in [1.29, 1.82) is 0 Å². The van der Waals surface area contributed by atoms with Gasteiger partial charge in [0, 0.05) is 6.42 Å². The number of carbonyl (C=O) groups is 1. The average molecular weight is 220 g/mol. The second-order valence-electron chi connectivity index (χ2n) is 3.99. The minimum Gasteiger partial charge on any atom is -0.481 e. The maximum absolute atomic E-state index is 10.5. The number of rotatable bonds is 3. The summed E-state index contributed by atoms with van der Waals surface area (Å²) in [6.07, 6.45) is 0.501. The van der Waals surface area contributed by atoms with Gasteiger partial charge in [-0.25, -0.2) is 0 Å². The van der Waals surface area contributed by atoms with Crippen LogP contribution in [0.15, 0.2) is 12.1 Å². The normalized spacial score (nSPS) is 14.0. The molecule has 1 aromatic rings. The zero-order chi connectivity index (χ0) is 11.7. The molecule has 0 fully saturated rings. The zero-order valence-electron chi connectivity index (χ0n) is 9.06. The quantitative estimate of drug-likeness (QED) is 0.715. The van der Waals surface area contributed by atoms with Gasteiger partial charge in [0.25, 0.3) is 0 Å². The first-order valence-electron chi connectivity index (χ1n) is 5.22. The molecule has 0 saturated heterocycles. The van der Waals surface area contributed by atoms with Gasteiger partial charge in [0.05, 0.1) is 6.61 Å². The smallest absolute Gasteiger partial charge is 0.481 e. The molecule has 0 unspecified atom stereocenters. The van der Waals surface area contributed by atoms with Crippen LogP contribution in [0.4, 0.5) is 0 Å². The number of carboxylic acids is 1.